The van der Waals surface area contributed by atoms with E-state index in [1.54, 1.807) is 18.2 Å². The fourth-order valence-corrected chi connectivity index (χ4v) is 2.18. The van der Waals surface area contributed by atoms with Gasteiger partial charge in [-0.15, -0.1) is 0 Å². The standard InChI is InChI=1S/C12H5ClF3IN/c13-10-5-8(12(14,15)16)6-18-11(10)7-2-1-3-9(17)4-7/h1-2,4-6H. The summed E-state index contributed by atoms with van der Waals surface area (Å²) in [6, 6.07) is 8.94. The number of alkyl halides is 3. The highest BCUT2D eigenvalue weighted by molar-refractivity contribution is 14.1. The molecule has 0 saturated carbocycles. The third-order valence-electron chi connectivity index (χ3n) is 2.21. The second kappa shape index (κ2) is 5.05. The SMILES string of the molecule is FC(F)(F)c1cnc(-c2cc[c]c(I)c2)c(Cl)c1. The Balaban J connectivity index is 2.48. The molecule has 1 heterocycles. The summed E-state index contributed by atoms with van der Waals surface area (Å²) in [6.07, 6.45) is -3.65. The lowest BCUT2D eigenvalue weighted by Gasteiger charge is -2.09. The van der Waals surface area contributed by atoms with Crippen molar-refractivity contribution in [2.45, 2.75) is 6.18 Å². The van der Waals surface area contributed by atoms with Crippen molar-refractivity contribution in [1.29, 1.82) is 0 Å². The van der Waals surface area contributed by atoms with Crippen molar-refractivity contribution >= 4 is 34.2 Å². The van der Waals surface area contributed by atoms with Crippen LogP contribution >= 0.6 is 34.2 Å². The van der Waals surface area contributed by atoms with E-state index in [9.17, 15) is 13.2 Å². The lowest BCUT2D eigenvalue weighted by molar-refractivity contribution is -0.137. The van der Waals surface area contributed by atoms with Crippen molar-refractivity contribution < 1.29 is 13.2 Å². The van der Waals surface area contributed by atoms with Crippen LogP contribution in [0, 0.1) is 9.64 Å². The van der Waals surface area contributed by atoms with Crippen LogP contribution in [-0.2, 0) is 6.18 Å². The van der Waals surface area contributed by atoms with Crippen LogP contribution in [0.4, 0.5) is 13.2 Å². The largest absolute Gasteiger partial charge is 0.417 e. The molecule has 93 valence electrons. The van der Waals surface area contributed by atoms with Crippen molar-refractivity contribution in [3.05, 3.63) is 50.7 Å². The molecular formula is C12H5ClF3IN. The first-order valence-electron chi connectivity index (χ1n) is 4.78. The normalized spacial score (nSPS) is 11.6. The minimum absolute atomic E-state index is 0.0215. The fraction of sp³-hybridized carbons (Fsp3) is 0.0833. The first-order chi connectivity index (χ1) is 8.38. The molecule has 0 atom stereocenters. The smallest absolute Gasteiger partial charge is 0.254 e. The predicted octanol–water partition coefficient (Wildman–Crippen LogP) is 4.83. The quantitative estimate of drug-likeness (QED) is 0.644. The highest BCUT2D eigenvalue weighted by atomic mass is 127. The van der Waals surface area contributed by atoms with Gasteiger partial charge in [0, 0.05) is 15.3 Å². The summed E-state index contributed by atoms with van der Waals surface area (Å²) in [6.45, 7) is 0. The molecular weight excluding hydrogens is 377 g/mol. The van der Waals surface area contributed by atoms with Crippen LogP contribution in [0.3, 0.4) is 0 Å². The van der Waals surface area contributed by atoms with Crippen LogP contribution in [-0.4, -0.2) is 4.98 Å². The first kappa shape index (κ1) is 13.6. The number of aromatic nitrogens is 1. The van der Waals surface area contributed by atoms with E-state index < -0.39 is 11.7 Å². The maximum Gasteiger partial charge on any atom is 0.417 e. The topological polar surface area (TPSA) is 12.9 Å². The third kappa shape index (κ3) is 2.95. The molecule has 0 spiro atoms. The number of hydrogen-bond donors (Lipinski definition) is 0. The van der Waals surface area contributed by atoms with Gasteiger partial charge in [0.15, 0.2) is 0 Å². The molecule has 1 nitrogen and oxygen atoms in total. The van der Waals surface area contributed by atoms with Crippen LogP contribution < -0.4 is 0 Å². The Kier molecular flexibility index (Phi) is 3.82. The zero-order valence-corrected chi connectivity index (χ0v) is 11.6. The molecule has 2 rings (SSSR count). The van der Waals surface area contributed by atoms with Gasteiger partial charge in [0.1, 0.15) is 0 Å². The summed E-state index contributed by atoms with van der Waals surface area (Å²) in [4.78, 5) is 3.79. The maximum atomic E-state index is 12.5. The van der Waals surface area contributed by atoms with Gasteiger partial charge in [-0.3, -0.25) is 4.98 Å². The second-order valence-corrected chi connectivity index (χ2v) is 5.05. The van der Waals surface area contributed by atoms with E-state index in [4.69, 9.17) is 11.6 Å². The summed E-state index contributed by atoms with van der Waals surface area (Å²) in [5.74, 6) is 0. The lowest BCUT2D eigenvalue weighted by atomic mass is 10.1. The average Bonchev–Trinajstić information content (AvgIpc) is 2.27. The van der Waals surface area contributed by atoms with Gasteiger partial charge in [0.2, 0.25) is 0 Å². The molecule has 18 heavy (non-hydrogen) atoms. The Hall–Kier alpha value is -0.820. The van der Waals surface area contributed by atoms with Gasteiger partial charge in [0.05, 0.1) is 16.3 Å². The van der Waals surface area contributed by atoms with E-state index in [2.05, 4.69) is 33.6 Å². The molecule has 0 saturated heterocycles. The third-order valence-corrected chi connectivity index (χ3v) is 3.12. The van der Waals surface area contributed by atoms with Crippen LogP contribution in [0.2, 0.25) is 5.02 Å². The minimum atomic E-state index is -4.44. The fourth-order valence-electron chi connectivity index (χ4n) is 1.39. The number of rotatable bonds is 1. The molecule has 2 aromatic rings. The number of hydrogen-bond acceptors (Lipinski definition) is 1. The molecule has 1 aromatic heterocycles. The van der Waals surface area contributed by atoms with Crippen LogP contribution in [0.5, 0.6) is 0 Å². The Bertz CT molecular complexity index is 584. The van der Waals surface area contributed by atoms with E-state index >= 15 is 0 Å². The zero-order valence-electron chi connectivity index (χ0n) is 8.72. The Morgan fingerprint density at radius 3 is 2.56 bits per heavy atom. The Labute approximate surface area is 120 Å². The summed E-state index contributed by atoms with van der Waals surface area (Å²) >= 11 is 7.90. The summed E-state index contributed by atoms with van der Waals surface area (Å²) in [5.41, 5.74) is 0.141. The van der Waals surface area contributed by atoms with Gasteiger partial charge >= 0.3 is 6.18 Å². The highest BCUT2D eigenvalue weighted by Crippen LogP contribution is 2.34. The molecule has 0 bridgehead atoms. The van der Waals surface area contributed by atoms with Gasteiger partial charge in [-0.1, -0.05) is 23.7 Å². The molecule has 0 amide bonds. The predicted molar refractivity (Wildman–Crippen MR) is 71.2 cm³/mol. The molecule has 0 aliphatic carbocycles. The van der Waals surface area contributed by atoms with E-state index in [0.29, 0.717) is 11.3 Å². The Morgan fingerprint density at radius 1 is 1.28 bits per heavy atom. The minimum Gasteiger partial charge on any atom is -0.254 e. The second-order valence-electron chi connectivity index (χ2n) is 3.48. The number of halogens is 5. The van der Waals surface area contributed by atoms with E-state index in [-0.39, 0.29) is 5.02 Å². The van der Waals surface area contributed by atoms with E-state index in [0.717, 1.165) is 15.8 Å². The molecule has 0 N–H and O–H groups in total. The summed E-state index contributed by atoms with van der Waals surface area (Å²) in [7, 11) is 0. The first-order valence-corrected chi connectivity index (χ1v) is 6.24. The van der Waals surface area contributed by atoms with Crippen molar-refractivity contribution in [2.75, 3.05) is 0 Å². The molecule has 1 aromatic carbocycles. The van der Waals surface area contributed by atoms with Crippen molar-refractivity contribution in [1.82, 2.24) is 4.98 Å². The summed E-state index contributed by atoms with van der Waals surface area (Å²) in [5, 5.41) is -0.0215. The maximum absolute atomic E-state index is 12.5. The van der Waals surface area contributed by atoms with Crippen molar-refractivity contribution in [3.8, 4) is 11.3 Å². The zero-order chi connectivity index (χ0) is 13.3. The van der Waals surface area contributed by atoms with E-state index in [1.165, 1.54) is 0 Å². The van der Waals surface area contributed by atoms with Gasteiger partial charge in [-0.2, -0.15) is 13.2 Å². The number of pyridine rings is 1. The molecule has 6 heteroatoms. The molecule has 0 unspecified atom stereocenters. The molecule has 0 fully saturated rings. The van der Waals surface area contributed by atoms with Crippen LogP contribution in [0.1, 0.15) is 5.56 Å². The van der Waals surface area contributed by atoms with Gasteiger partial charge in [0.25, 0.3) is 0 Å². The Morgan fingerprint density at radius 2 is 2.00 bits per heavy atom. The van der Waals surface area contributed by atoms with Crippen LogP contribution in [0.15, 0.2) is 30.5 Å². The van der Waals surface area contributed by atoms with Crippen LogP contribution in [0.25, 0.3) is 11.3 Å². The van der Waals surface area contributed by atoms with Crippen molar-refractivity contribution in [2.24, 2.45) is 0 Å². The average molecular weight is 383 g/mol. The summed E-state index contributed by atoms with van der Waals surface area (Å²) < 4.78 is 38.2. The molecule has 1 radical (unpaired) electrons. The van der Waals surface area contributed by atoms with Gasteiger partial charge in [-0.25, -0.2) is 0 Å². The van der Waals surface area contributed by atoms with E-state index in [1.807, 2.05) is 0 Å². The molecule has 0 aliphatic rings. The monoisotopic (exact) mass is 382 g/mol. The van der Waals surface area contributed by atoms with Crippen molar-refractivity contribution in [3.63, 3.8) is 0 Å². The molecule has 0 aliphatic heterocycles. The lowest BCUT2D eigenvalue weighted by Crippen LogP contribution is -2.05. The number of benzene rings is 1. The highest BCUT2D eigenvalue weighted by Gasteiger charge is 2.31. The van der Waals surface area contributed by atoms with Gasteiger partial charge < -0.3 is 0 Å². The van der Waals surface area contributed by atoms with Gasteiger partial charge in [-0.05, 0) is 40.8 Å². The number of nitrogens with zero attached hydrogens (tertiary/aromatic N) is 1.